The van der Waals surface area contributed by atoms with Gasteiger partial charge in [-0.15, -0.1) is 12.4 Å². The molecule has 0 fully saturated rings. The zero-order valence-corrected chi connectivity index (χ0v) is 17.1. The number of aromatic amines is 1. The van der Waals surface area contributed by atoms with Crippen LogP contribution in [0.5, 0.6) is 0 Å². The van der Waals surface area contributed by atoms with E-state index in [1.165, 1.54) is 5.56 Å². The summed E-state index contributed by atoms with van der Waals surface area (Å²) in [6, 6.07) is 7.71. The molecule has 148 valence electrons. The van der Waals surface area contributed by atoms with Crippen LogP contribution in [0.1, 0.15) is 51.9 Å². The molecule has 4 rings (SSSR count). The number of nitrogens with one attached hydrogen (secondary N) is 2. The van der Waals surface area contributed by atoms with Crippen LogP contribution in [0.25, 0.3) is 11.3 Å². The normalized spacial score (nSPS) is 15.6. The van der Waals surface area contributed by atoms with Gasteiger partial charge in [-0.25, -0.2) is 0 Å². The molecule has 28 heavy (non-hydrogen) atoms. The quantitative estimate of drug-likeness (QED) is 0.587. The van der Waals surface area contributed by atoms with Crippen LogP contribution < -0.4 is 11.1 Å². The van der Waals surface area contributed by atoms with E-state index in [1.54, 1.807) is 6.07 Å². The maximum atomic E-state index is 12.8. The summed E-state index contributed by atoms with van der Waals surface area (Å²) in [4.78, 5) is 12.8. The summed E-state index contributed by atoms with van der Waals surface area (Å²) in [6.07, 6.45) is 2.95. The highest BCUT2D eigenvalue weighted by Crippen LogP contribution is 2.31. The van der Waals surface area contributed by atoms with E-state index in [9.17, 15) is 4.79 Å². The Kier molecular flexibility index (Phi) is 5.47. The lowest BCUT2D eigenvalue weighted by Crippen LogP contribution is -2.31. The van der Waals surface area contributed by atoms with Gasteiger partial charge in [0.1, 0.15) is 5.69 Å². The Morgan fingerprint density at radius 1 is 1.32 bits per heavy atom. The number of H-pyrrole nitrogens is 1. The highest BCUT2D eigenvalue weighted by Gasteiger charge is 2.24. The van der Waals surface area contributed by atoms with Gasteiger partial charge in [-0.05, 0) is 62.4 Å². The van der Waals surface area contributed by atoms with Crippen LogP contribution >= 0.6 is 12.4 Å². The summed E-state index contributed by atoms with van der Waals surface area (Å²) >= 11 is 0. The van der Waals surface area contributed by atoms with Crippen molar-refractivity contribution in [2.24, 2.45) is 7.05 Å². The lowest BCUT2D eigenvalue weighted by molar-refractivity contribution is 0.0927. The number of amides is 1. The van der Waals surface area contributed by atoms with Gasteiger partial charge >= 0.3 is 0 Å². The zero-order chi connectivity index (χ0) is 19.1. The fourth-order valence-corrected chi connectivity index (χ4v) is 3.93. The number of anilines is 1. The van der Waals surface area contributed by atoms with Crippen LogP contribution in [0.2, 0.25) is 0 Å². The fraction of sp³-hybridized carbons (Fsp3) is 0.350. The first-order valence-electron chi connectivity index (χ1n) is 9.19. The second kappa shape index (κ2) is 7.67. The van der Waals surface area contributed by atoms with Gasteiger partial charge in [0.2, 0.25) is 0 Å². The second-order valence-corrected chi connectivity index (χ2v) is 7.21. The third-order valence-electron chi connectivity index (χ3n) is 5.37. The number of benzene rings is 1. The maximum absolute atomic E-state index is 12.8. The van der Waals surface area contributed by atoms with E-state index in [4.69, 9.17) is 5.73 Å². The van der Waals surface area contributed by atoms with E-state index in [0.717, 1.165) is 53.2 Å². The van der Waals surface area contributed by atoms with Gasteiger partial charge < -0.3 is 11.1 Å². The molecule has 1 atom stereocenters. The molecule has 1 unspecified atom stereocenters. The van der Waals surface area contributed by atoms with Crippen LogP contribution in [0, 0.1) is 13.8 Å². The number of nitrogens with two attached hydrogens (primary N) is 1. The van der Waals surface area contributed by atoms with Crippen molar-refractivity contribution >= 4 is 24.0 Å². The van der Waals surface area contributed by atoms with Crippen molar-refractivity contribution in [1.29, 1.82) is 0 Å². The Bertz CT molecular complexity index is 1020. The van der Waals surface area contributed by atoms with E-state index in [-0.39, 0.29) is 24.4 Å². The number of rotatable bonds is 3. The topological polar surface area (TPSA) is 102 Å². The Labute approximate surface area is 170 Å². The third kappa shape index (κ3) is 3.49. The first-order valence-corrected chi connectivity index (χ1v) is 9.19. The number of nitrogen functional groups attached to an aromatic ring is 1. The van der Waals surface area contributed by atoms with E-state index in [1.807, 2.05) is 43.8 Å². The number of aryl methyl sites for hydroxylation is 3. The van der Waals surface area contributed by atoms with E-state index >= 15 is 0 Å². The van der Waals surface area contributed by atoms with Crippen LogP contribution in [0.15, 0.2) is 24.3 Å². The van der Waals surface area contributed by atoms with Crippen molar-refractivity contribution in [3.8, 4) is 11.3 Å². The predicted molar refractivity (Wildman–Crippen MR) is 112 cm³/mol. The molecule has 1 amide bonds. The minimum absolute atomic E-state index is 0. The van der Waals surface area contributed by atoms with Gasteiger partial charge in [0, 0.05) is 24.0 Å². The summed E-state index contributed by atoms with van der Waals surface area (Å²) in [6.45, 7) is 3.94. The number of carbonyl (C=O) groups is 1. The summed E-state index contributed by atoms with van der Waals surface area (Å²) in [5, 5.41) is 14.8. The Hall–Kier alpha value is -2.80. The molecule has 1 aliphatic rings. The molecule has 0 spiro atoms. The van der Waals surface area contributed by atoms with Crippen LogP contribution in [-0.2, 0) is 13.5 Å². The molecule has 1 aromatic carbocycles. The van der Waals surface area contributed by atoms with E-state index in [2.05, 4.69) is 20.6 Å². The molecule has 1 aliphatic carbocycles. The molecule has 0 bridgehead atoms. The Morgan fingerprint density at radius 2 is 2.11 bits per heavy atom. The number of nitrogens with zero attached hydrogens (tertiary/aromatic N) is 3. The lowest BCUT2D eigenvalue weighted by atomic mass is 9.87. The molecule has 8 heteroatoms. The number of hydrogen-bond donors (Lipinski definition) is 3. The largest absolute Gasteiger partial charge is 0.399 e. The van der Waals surface area contributed by atoms with Crippen molar-refractivity contribution in [2.75, 3.05) is 5.73 Å². The number of hydrogen-bond acceptors (Lipinski definition) is 4. The third-order valence-corrected chi connectivity index (χ3v) is 5.37. The van der Waals surface area contributed by atoms with Gasteiger partial charge in [0.15, 0.2) is 0 Å². The molecular formula is C20H25ClN6O. The first-order chi connectivity index (χ1) is 12.9. The van der Waals surface area contributed by atoms with Gasteiger partial charge in [0.25, 0.3) is 5.91 Å². The second-order valence-electron chi connectivity index (χ2n) is 7.21. The average Bonchev–Trinajstić information content (AvgIpc) is 3.20. The Morgan fingerprint density at radius 3 is 2.82 bits per heavy atom. The molecule has 7 nitrogen and oxygen atoms in total. The van der Waals surface area contributed by atoms with Crippen molar-refractivity contribution in [1.82, 2.24) is 25.3 Å². The summed E-state index contributed by atoms with van der Waals surface area (Å²) in [5.41, 5.74) is 13.1. The summed E-state index contributed by atoms with van der Waals surface area (Å²) in [5.74, 6) is -0.150. The minimum Gasteiger partial charge on any atom is -0.399 e. The predicted octanol–water partition coefficient (Wildman–Crippen LogP) is 3.24. The maximum Gasteiger partial charge on any atom is 0.269 e. The number of carbonyl (C=O) groups excluding carboxylic acids is 1. The number of fused-ring (bicyclic) bond motifs is 1. The number of aromatic nitrogens is 4. The van der Waals surface area contributed by atoms with Crippen LogP contribution in [-0.4, -0.2) is 25.9 Å². The van der Waals surface area contributed by atoms with Gasteiger partial charge in [0.05, 0.1) is 17.4 Å². The number of halogens is 1. The highest BCUT2D eigenvalue weighted by atomic mass is 35.5. The smallest absolute Gasteiger partial charge is 0.269 e. The fourth-order valence-electron chi connectivity index (χ4n) is 3.93. The van der Waals surface area contributed by atoms with E-state index in [0.29, 0.717) is 5.69 Å². The van der Waals surface area contributed by atoms with Crippen molar-refractivity contribution in [3.63, 3.8) is 0 Å². The standard InChI is InChI=1S/C20H24N6O.ClH/c1-11-19(12(2)26(3)25-11)17-10-18(24-23-17)20(27)22-16-6-4-5-13-9-14(21)7-8-15(13)16;/h7-10,16H,4-6,21H2,1-3H3,(H,22,27)(H,23,24);1H. The minimum atomic E-state index is -0.150. The lowest BCUT2D eigenvalue weighted by Gasteiger charge is -2.26. The molecule has 0 saturated heterocycles. The molecule has 4 N–H and O–H groups in total. The summed E-state index contributed by atoms with van der Waals surface area (Å²) < 4.78 is 1.82. The van der Waals surface area contributed by atoms with E-state index < -0.39 is 0 Å². The average molecular weight is 401 g/mol. The van der Waals surface area contributed by atoms with Crippen molar-refractivity contribution in [3.05, 3.63) is 52.5 Å². The Balaban J connectivity index is 0.00000225. The zero-order valence-electron chi connectivity index (χ0n) is 16.2. The molecule has 0 saturated carbocycles. The summed E-state index contributed by atoms with van der Waals surface area (Å²) in [7, 11) is 1.90. The highest BCUT2D eigenvalue weighted by molar-refractivity contribution is 5.93. The molecule has 2 aromatic heterocycles. The molecule has 0 aliphatic heterocycles. The van der Waals surface area contributed by atoms with Crippen molar-refractivity contribution < 1.29 is 4.79 Å². The molecule has 3 aromatic rings. The molecular weight excluding hydrogens is 376 g/mol. The molecule has 2 heterocycles. The SMILES string of the molecule is Cc1nn(C)c(C)c1-c1cc(C(=O)NC2CCCc3cc(N)ccc32)[nH]n1.Cl. The van der Waals surface area contributed by atoms with Gasteiger partial charge in [-0.3, -0.25) is 14.6 Å². The first kappa shape index (κ1) is 19.9. The van der Waals surface area contributed by atoms with Gasteiger partial charge in [-0.1, -0.05) is 6.07 Å². The molecule has 0 radical (unpaired) electrons. The monoisotopic (exact) mass is 400 g/mol. The van der Waals surface area contributed by atoms with Crippen LogP contribution in [0.3, 0.4) is 0 Å². The van der Waals surface area contributed by atoms with Crippen molar-refractivity contribution in [2.45, 2.75) is 39.2 Å². The van der Waals surface area contributed by atoms with Crippen LogP contribution in [0.4, 0.5) is 5.69 Å². The van der Waals surface area contributed by atoms with Gasteiger partial charge in [-0.2, -0.15) is 10.2 Å².